The molecule has 156 valence electrons. The molecule has 0 aliphatic heterocycles. The average Bonchev–Trinajstić information content (AvgIpc) is 3.36. The first-order valence-corrected chi connectivity index (χ1v) is 11.4. The van der Waals surface area contributed by atoms with Gasteiger partial charge in [-0.05, 0) is 41.5 Å². The van der Waals surface area contributed by atoms with E-state index < -0.39 is 0 Å². The van der Waals surface area contributed by atoms with Crippen molar-refractivity contribution in [2.45, 2.75) is 0 Å². The Morgan fingerprint density at radius 1 is 0.424 bits per heavy atom. The first-order chi connectivity index (χ1) is 16.3. The molecular formula is C31H22N2. The van der Waals surface area contributed by atoms with Gasteiger partial charge in [0.15, 0.2) is 0 Å². The highest BCUT2D eigenvalue weighted by atomic mass is 15.0. The second-order valence-corrected chi connectivity index (χ2v) is 8.73. The molecule has 5 aromatic carbocycles. The van der Waals surface area contributed by atoms with Gasteiger partial charge in [-0.1, -0.05) is 84.9 Å². The molecule has 0 saturated carbocycles. The summed E-state index contributed by atoms with van der Waals surface area (Å²) < 4.78 is 4.71. The summed E-state index contributed by atoms with van der Waals surface area (Å²) in [6.07, 6.45) is 0. The van der Waals surface area contributed by atoms with Crippen molar-refractivity contribution in [2.75, 3.05) is 0 Å². The lowest BCUT2D eigenvalue weighted by atomic mass is 10.0. The molecule has 0 aliphatic rings. The molecule has 7 aromatic rings. The van der Waals surface area contributed by atoms with Gasteiger partial charge in [-0.2, -0.15) is 0 Å². The zero-order valence-corrected chi connectivity index (χ0v) is 18.4. The maximum atomic E-state index is 2.39. The number of aryl methyl sites for hydroxylation is 1. The predicted octanol–water partition coefficient (Wildman–Crippen LogP) is 8.10. The smallest absolute Gasteiger partial charge is 0.0541 e. The molecule has 2 aromatic heterocycles. The van der Waals surface area contributed by atoms with Gasteiger partial charge in [0.05, 0.1) is 16.6 Å². The first-order valence-electron chi connectivity index (χ1n) is 11.4. The summed E-state index contributed by atoms with van der Waals surface area (Å²) in [4.78, 5) is 0. The number of para-hydroxylation sites is 2. The van der Waals surface area contributed by atoms with Gasteiger partial charge in [0.1, 0.15) is 0 Å². The van der Waals surface area contributed by atoms with Crippen LogP contribution in [0.3, 0.4) is 0 Å². The van der Waals surface area contributed by atoms with Crippen LogP contribution in [0.2, 0.25) is 0 Å². The molecule has 0 unspecified atom stereocenters. The van der Waals surface area contributed by atoms with E-state index in [9.17, 15) is 0 Å². The number of benzene rings is 5. The fourth-order valence-corrected chi connectivity index (χ4v) is 5.34. The van der Waals surface area contributed by atoms with Crippen molar-refractivity contribution in [3.63, 3.8) is 0 Å². The van der Waals surface area contributed by atoms with Crippen LogP contribution in [0, 0.1) is 0 Å². The molecule has 0 N–H and O–H groups in total. The lowest BCUT2D eigenvalue weighted by Gasteiger charge is -2.09. The number of hydrogen-bond donors (Lipinski definition) is 0. The normalized spacial score (nSPS) is 11.8. The van der Waals surface area contributed by atoms with E-state index in [1.165, 1.54) is 60.4 Å². The molecule has 7 rings (SSSR count). The summed E-state index contributed by atoms with van der Waals surface area (Å²) in [7, 11) is 2.18. The van der Waals surface area contributed by atoms with Gasteiger partial charge in [-0.25, -0.2) is 0 Å². The second-order valence-electron chi connectivity index (χ2n) is 8.73. The van der Waals surface area contributed by atoms with Gasteiger partial charge in [0, 0.05) is 39.8 Å². The van der Waals surface area contributed by atoms with E-state index in [-0.39, 0.29) is 0 Å². The third-order valence-corrected chi connectivity index (χ3v) is 6.94. The van der Waals surface area contributed by atoms with E-state index in [0.717, 1.165) is 0 Å². The quantitative estimate of drug-likeness (QED) is 0.266. The zero-order valence-electron chi connectivity index (χ0n) is 18.4. The van der Waals surface area contributed by atoms with Gasteiger partial charge in [0.25, 0.3) is 0 Å². The Morgan fingerprint density at radius 3 is 1.67 bits per heavy atom. The number of rotatable bonds is 2. The van der Waals surface area contributed by atoms with Crippen LogP contribution in [0.4, 0.5) is 0 Å². The van der Waals surface area contributed by atoms with Gasteiger partial charge in [0.2, 0.25) is 0 Å². The van der Waals surface area contributed by atoms with E-state index in [0.29, 0.717) is 0 Å². The van der Waals surface area contributed by atoms with Crippen LogP contribution in [-0.2, 0) is 7.05 Å². The molecule has 2 heterocycles. The van der Waals surface area contributed by atoms with Crippen LogP contribution in [0.25, 0.3) is 60.4 Å². The number of fused-ring (bicyclic) bond motifs is 6. The van der Waals surface area contributed by atoms with Crippen LogP contribution >= 0.6 is 0 Å². The highest BCUT2D eigenvalue weighted by Crippen LogP contribution is 2.36. The SMILES string of the molecule is Cn1c2cc(-c3ccccc3)ccc2c2ccc(-n3c4ccccc4c4ccccc43)cc21. The van der Waals surface area contributed by atoms with E-state index in [1.54, 1.807) is 0 Å². The molecule has 2 nitrogen and oxygen atoms in total. The zero-order chi connectivity index (χ0) is 21.9. The van der Waals surface area contributed by atoms with E-state index in [4.69, 9.17) is 0 Å². The Kier molecular flexibility index (Phi) is 3.80. The molecule has 0 fully saturated rings. The predicted molar refractivity (Wildman–Crippen MR) is 140 cm³/mol. The van der Waals surface area contributed by atoms with Crippen molar-refractivity contribution in [2.24, 2.45) is 7.05 Å². The van der Waals surface area contributed by atoms with Crippen molar-refractivity contribution >= 4 is 43.6 Å². The lowest BCUT2D eigenvalue weighted by Crippen LogP contribution is -1.94. The number of hydrogen-bond acceptors (Lipinski definition) is 0. The molecule has 0 amide bonds. The fourth-order valence-electron chi connectivity index (χ4n) is 5.34. The third-order valence-electron chi connectivity index (χ3n) is 6.94. The number of aromatic nitrogens is 2. The monoisotopic (exact) mass is 422 g/mol. The minimum Gasteiger partial charge on any atom is -0.344 e. The van der Waals surface area contributed by atoms with Gasteiger partial charge in [-0.15, -0.1) is 0 Å². The van der Waals surface area contributed by atoms with Crippen molar-refractivity contribution < 1.29 is 0 Å². The van der Waals surface area contributed by atoms with Crippen LogP contribution in [0.5, 0.6) is 0 Å². The molecule has 0 saturated heterocycles. The summed E-state index contributed by atoms with van der Waals surface area (Å²) in [5.74, 6) is 0. The van der Waals surface area contributed by atoms with Gasteiger partial charge >= 0.3 is 0 Å². The molecule has 0 atom stereocenters. The molecule has 33 heavy (non-hydrogen) atoms. The van der Waals surface area contributed by atoms with E-state index in [1.807, 2.05) is 0 Å². The van der Waals surface area contributed by atoms with Crippen LogP contribution < -0.4 is 0 Å². The second kappa shape index (κ2) is 6.85. The molecular weight excluding hydrogens is 400 g/mol. The van der Waals surface area contributed by atoms with Crippen LogP contribution in [0.15, 0.2) is 115 Å². The van der Waals surface area contributed by atoms with Gasteiger partial charge in [-0.3, -0.25) is 0 Å². The van der Waals surface area contributed by atoms with Crippen molar-refractivity contribution in [3.05, 3.63) is 115 Å². The molecule has 0 bridgehead atoms. The maximum absolute atomic E-state index is 2.39. The molecule has 0 aliphatic carbocycles. The Balaban J connectivity index is 1.50. The molecule has 2 heteroatoms. The van der Waals surface area contributed by atoms with E-state index in [2.05, 4.69) is 131 Å². The minimum atomic E-state index is 1.19. The van der Waals surface area contributed by atoms with Crippen LogP contribution in [0.1, 0.15) is 0 Å². The summed E-state index contributed by atoms with van der Waals surface area (Å²) in [6, 6.07) is 41.6. The summed E-state index contributed by atoms with van der Waals surface area (Å²) in [6.45, 7) is 0. The Labute approximate surface area is 191 Å². The Morgan fingerprint density at radius 2 is 0.970 bits per heavy atom. The van der Waals surface area contributed by atoms with Crippen molar-refractivity contribution in [3.8, 4) is 16.8 Å². The minimum absolute atomic E-state index is 1.19. The fraction of sp³-hybridized carbons (Fsp3) is 0.0323. The third kappa shape index (κ3) is 2.61. The lowest BCUT2D eigenvalue weighted by molar-refractivity contribution is 1.01. The highest BCUT2D eigenvalue weighted by Gasteiger charge is 2.14. The summed E-state index contributed by atoms with van der Waals surface area (Å²) in [5.41, 5.74) is 8.66. The standard InChI is InChI=1S/C31H22N2/c1-32-30-19-22(21-9-3-2-4-10-21)15-17-26(30)27-18-16-23(20-31(27)32)33-28-13-7-5-11-24(28)25-12-6-8-14-29(25)33/h2-20H,1H3. The van der Waals surface area contributed by atoms with Crippen LogP contribution in [-0.4, -0.2) is 9.13 Å². The van der Waals surface area contributed by atoms with Crippen molar-refractivity contribution in [1.82, 2.24) is 9.13 Å². The van der Waals surface area contributed by atoms with Gasteiger partial charge < -0.3 is 9.13 Å². The van der Waals surface area contributed by atoms with E-state index >= 15 is 0 Å². The van der Waals surface area contributed by atoms with Crippen molar-refractivity contribution in [1.29, 1.82) is 0 Å². The highest BCUT2D eigenvalue weighted by molar-refractivity contribution is 6.11. The summed E-state index contributed by atoms with van der Waals surface area (Å²) >= 11 is 0. The maximum Gasteiger partial charge on any atom is 0.0541 e. The first kappa shape index (κ1) is 18.3. The largest absolute Gasteiger partial charge is 0.344 e. The Bertz CT molecular complexity index is 1760. The molecule has 0 radical (unpaired) electrons. The number of nitrogens with zero attached hydrogens (tertiary/aromatic N) is 2. The molecule has 0 spiro atoms. The summed E-state index contributed by atoms with van der Waals surface area (Å²) in [5, 5.41) is 5.16. The Hall–Kier alpha value is -4.30. The topological polar surface area (TPSA) is 9.86 Å². The average molecular weight is 423 g/mol.